The van der Waals surface area contributed by atoms with Crippen molar-refractivity contribution in [1.29, 1.82) is 0 Å². The number of carbonyl (C=O) groups excluding carboxylic acids is 1. The second-order valence-corrected chi connectivity index (χ2v) is 10.8. The Balaban J connectivity index is 3.89. The highest BCUT2D eigenvalue weighted by molar-refractivity contribution is 5.80. The normalized spacial score (nSPS) is 14.9. The van der Waals surface area contributed by atoms with Crippen LogP contribution in [0.25, 0.3) is 0 Å². The number of unbranched alkanes of at least 4 members (excludes halogenated alkanes) is 18. The molecule has 0 rings (SSSR count). The second kappa shape index (κ2) is 25.9. The molecule has 0 aliphatic carbocycles. The Morgan fingerprint density at radius 1 is 0.583 bits per heavy atom. The minimum absolute atomic E-state index is 0.371. The van der Waals surface area contributed by atoms with Gasteiger partial charge in [-0.25, -0.2) is 0 Å². The molecule has 0 radical (unpaired) electrons. The van der Waals surface area contributed by atoms with Crippen LogP contribution >= 0.6 is 0 Å². The lowest BCUT2D eigenvalue weighted by molar-refractivity contribution is -0.132. The number of hydrogen-bond donors (Lipinski definition) is 5. The van der Waals surface area contributed by atoms with Crippen LogP contribution in [-0.2, 0) is 4.79 Å². The molecule has 6 heteroatoms. The number of aliphatic hydroxyl groups excluding tert-OH is 4. The van der Waals surface area contributed by atoms with Crippen molar-refractivity contribution in [2.45, 2.75) is 179 Å². The van der Waals surface area contributed by atoms with Gasteiger partial charge in [0.2, 0.25) is 5.91 Å². The molecule has 0 aromatic carbocycles. The van der Waals surface area contributed by atoms with E-state index in [2.05, 4.69) is 19.2 Å². The average molecular weight is 516 g/mol. The van der Waals surface area contributed by atoms with Gasteiger partial charge >= 0.3 is 0 Å². The van der Waals surface area contributed by atoms with Gasteiger partial charge in [0.15, 0.2) is 0 Å². The van der Waals surface area contributed by atoms with E-state index in [0.29, 0.717) is 12.8 Å². The van der Waals surface area contributed by atoms with Crippen LogP contribution in [0, 0.1) is 0 Å². The third-order valence-electron chi connectivity index (χ3n) is 7.32. The first kappa shape index (κ1) is 35.3. The van der Waals surface area contributed by atoms with E-state index in [1.165, 1.54) is 89.9 Å². The topological polar surface area (TPSA) is 110 Å². The van der Waals surface area contributed by atoms with Gasteiger partial charge in [-0.2, -0.15) is 0 Å². The summed E-state index contributed by atoms with van der Waals surface area (Å²) in [7, 11) is 0. The first-order chi connectivity index (χ1) is 17.5. The van der Waals surface area contributed by atoms with E-state index < -0.39 is 36.9 Å². The Bertz CT molecular complexity index is 476. The fraction of sp³-hybridized carbons (Fsp3) is 0.967. The number of hydrogen-bond acceptors (Lipinski definition) is 5. The Labute approximate surface area is 222 Å². The van der Waals surface area contributed by atoms with Crippen molar-refractivity contribution in [3.8, 4) is 0 Å². The first-order valence-corrected chi connectivity index (χ1v) is 15.4. The molecule has 0 aliphatic rings. The van der Waals surface area contributed by atoms with E-state index in [4.69, 9.17) is 0 Å². The van der Waals surface area contributed by atoms with Gasteiger partial charge in [0.05, 0.1) is 18.8 Å². The van der Waals surface area contributed by atoms with E-state index in [1.807, 2.05) is 0 Å². The fourth-order valence-corrected chi connectivity index (χ4v) is 4.75. The van der Waals surface area contributed by atoms with Crippen molar-refractivity contribution in [3.63, 3.8) is 0 Å². The van der Waals surface area contributed by atoms with E-state index in [-0.39, 0.29) is 0 Å². The quantitative estimate of drug-likeness (QED) is 0.0841. The number of aliphatic hydroxyl groups is 4. The van der Waals surface area contributed by atoms with Gasteiger partial charge in [-0.3, -0.25) is 4.79 Å². The molecule has 36 heavy (non-hydrogen) atoms. The smallest absolute Gasteiger partial charge is 0.249 e. The molecule has 4 atom stereocenters. The maximum atomic E-state index is 12.3. The Morgan fingerprint density at radius 3 is 1.33 bits per heavy atom. The molecule has 0 aromatic heterocycles. The summed E-state index contributed by atoms with van der Waals surface area (Å²) in [6.45, 7) is 3.97. The van der Waals surface area contributed by atoms with Crippen LogP contribution in [0.2, 0.25) is 0 Å². The molecule has 0 aliphatic heterocycles. The van der Waals surface area contributed by atoms with Crippen molar-refractivity contribution in [3.05, 3.63) is 0 Å². The summed E-state index contributed by atoms with van der Waals surface area (Å²) in [5.74, 6) is -0.589. The summed E-state index contributed by atoms with van der Waals surface area (Å²) in [6.07, 6.45) is 21.3. The summed E-state index contributed by atoms with van der Waals surface area (Å²) >= 11 is 0. The van der Waals surface area contributed by atoms with Gasteiger partial charge in [0, 0.05) is 0 Å². The largest absolute Gasteiger partial charge is 0.394 e. The van der Waals surface area contributed by atoms with Gasteiger partial charge in [-0.05, 0) is 12.8 Å². The maximum absolute atomic E-state index is 12.3. The molecule has 0 saturated carbocycles. The highest BCUT2D eigenvalue weighted by Gasteiger charge is 2.28. The van der Waals surface area contributed by atoms with Crippen LogP contribution in [-0.4, -0.2) is 57.3 Å². The number of rotatable bonds is 27. The molecule has 1 amide bonds. The summed E-state index contributed by atoms with van der Waals surface area (Å²) in [6, 6.07) is -0.974. The maximum Gasteiger partial charge on any atom is 0.249 e. The molecule has 0 bridgehead atoms. The second-order valence-electron chi connectivity index (χ2n) is 10.8. The van der Waals surface area contributed by atoms with Crippen molar-refractivity contribution in [2.75, 3.05) is 6.61 Å². The standard InChI is InChI=1S/C30H61NO5/c1-3-5-7-9-11-13-14-15-16-18-19-21-23-27(33)29(35)26(25-32)31-30(36)28(34)24-22-20-17-12-10-8-6-4-2/h26-29,32-35H,3-25H2,1-2H3,(H,31,36)/t26-,27+,28?,29-/m0/s1. The van der Waals surface area contributed by atoms with Crippen LogP contribution in [0.1, 0.15) is 155 Å². The van der Waals surface area contributed by atoms with Gasteiger partial charge in [0.25, 0.3) is 0 Å². The molecule has 0 heterocycles. The molecule has 216 valence electrons. The lowest BCUT2D eigenvalue weighted by Crippen LogP contribution is -2.53. The van der Waals surface area contributed by atoms with Gasteiger partial charge in [0.1, 0.15) is 12.2 Å². The Morgan fingerprint density at radius 2 is 0.944 bits per heavy atom. The summed E-state index contributed by atoms with van der Waals surface area (Å²) in [4.78, 5) is 12.3. The minimum Gasteiger partial charge on any atom is -0.394 e. The zero-order chi connectivity index (χ0) is 26.9. The minimum atomic E-state index is -1.25. The van der Waals surface area contributed by atoms with Crippen LogP contribution < -0.4 is 5.32 Å². The highest BCUT2D eigenvalue weighted by atomic mass is 16.3. The average Bonchev–Trinajstić information content (AvgIpc) is 2.88. The molecule has 0 aromatic rings. The summed E-state index contributed by atoms with van der Waals surface area (Å²) in [5, 5.41) is 43.0. The van der Waals surface area contributed by atoms with Crippen LogP contribution in [0.15, 0.2) is 0 Å². The third-order valence-corrected chi connectivity index (χ3v) is 7.32. The van der Waals surface area contributed by atoms with E-state index >= 15 is 0 Å². The van der Waals surface area contributed by atoms with Crippen molar-refractivity contribution in [1.82, 2.24) is 5.32 Å². The van der Waals surface area contributed by atoms with Gasteiger partial charge in [-0.15, -0.1) is 0 Å². The SMILES string of the molecule is CCCCCCCCCCCCCC[C@@H](O)[C@@H](O)[C@H](CO)NC(=O)C(O)CCCCCCCCCC. The Kier molecular flexibility index (Phi) is 25.4. The monoisotopic (exact) mass is 515 g/mol. The zero-order valence-electron chi connectivity index (χ0n) is 23.8. The van der Waals surface area contributed by atoms with Gasteiger partial charge < -0.3 is 25.7 Å². The molecular formula is C30H61NO5. The number of amides is 1. The molecular weight excluding hydrogens is 454 g/mol. The molecule has 1 unspecified atom stereocenters. The molecule has 0 spiro atoms. The van der Waals surface area contributed by atoms with Crippen molar-refractivity contribution < 1.29 is 25.2 Å². The molecule has 0 saturated heterocycles. The fourth-order valence-electron chi connectivity index (χ4n) is 4.75. The predicted molar refractivity (Wildman–Crippen MR) is 150 cm³/mol. The third kappa shape index (κ3) is 20.4. The lowest BCUT2D eigenvalue weighted by Gasteiger charge is -2.27. The summed E-state index contributed by atoms with van der Waals surface area (Å²) < 4.78 is 0. The van der Waals surface area contributed by atoms with E-state index in [1.54, 1.807) is 0 Å². The summed E-state index contributed by atoms with van der Waals surface area (Å²) in [5.41, 5.74) is 0. The van der Waals surface area contributed by atoms with E-state index in [0.717, 1.165) is 38.5 Å². The molecule has 5 N–H and O–H groups in total. The van der Waals surface area contributed by atoms with Gasteiger partial charge in [-0.1, -0.05) is 142 Å². The lowest BCUT2D eigenvalue weighted by atomic mass is 9.99. The van der Waals surface area contributed by atoms with Crippen molar-refractivity contribution in [2.24, 2.45) is 0 Å². The van der Waals surface area contributed by atoms with Crippen molar-refractivity contribution >= 4 is 5.91 Å². The Hall–Kier alpha value is -0.690. The molecule has 6 nitrogen and oxygen atoms in total. The van der Waals surface area contributed by atoms with Crippen LogP contribution in [0.3, 0.4) is 0 Å². The van der Waals surface area contributed by atoms with Crippen LogP contribution in [0.4, 0.5) is 0 Å². The highest BCUT2D eigenvalue weighted by Crippen LogP contribution is 2.15. The van der Waals surface area contributed by atoms with Crippen LogP contribution in [0.5, 0.6) is 0 Å². The first-order valence-electron chi connectivity index (χ1n) is 15.4. The zero-order valence-corrected chi connectivity index (χ0v) is 23.8. The number of carbonyl (C=O) groups is 1. The predicted octanol–water partition coefficient (Wildman–Crippen LogP) is 6.17. The molecule has 0 fully saturated rings. The number of nitrogens with one attached hydrogen (secondary N) is 1. The van der Waals surface area contributed by atoms with E-state index in [9.17, 15) is 25.2 Å².